The Hall–Kier alpha value is -3.20. The molecule has 0 bridgehead atoms. The van der Waals surface area contributed by atoms with Gasteiger partial charge in [0.1, 0.15) is 0 Å². The Morgan fingerprint density at radius 2 is 1.90 bits per heavy atom. The van der Waals surface area contributed by atoms with Gasteiger partial charge < -0.3 is 14.8 Å². The quantitative estimate of drug-likeness (QED) is 0.591. The molecule has 0 fully saturated rings. The maximum absolute atomic E-state index is 12.9. The zero-order valence-corrected chi connectivity index (χ0v) is 15.5. The summed E-state index contributed by atoms with van der Waals surface area (Å²) in [6.07, 6.45) is 1.58. The number of halogens is 3. The third-order valence-corrected chi connectivity index (χ3v) is 4.74. The van der Waals surface area contributed by atoms with Crippen LogP contribution in [0.2, 0.25) is 0 Å². The van der Waals surface area contributed by atoms with Gasteiger partial charge in [-0.2, -0.15) is 13.2 Å². The minimum Gasteiger partial charge on any atom is -0.454 e. The lowest BCUT2D eigenvalue weighted by Gasteiger charge is -2.12. The molecule has 1 aliphatic heterocycles. The average Bonchev–Trinajstić information content (AvgIpc) is 3.15. The molecule has 148 valence electrons. The van der Waals surface area contributed by atoms with E-state index < -0.39 is 23.2 Å². The monoisotopic (exact) mass is 418 g/mol. The maximum atomic E-state index is 12.9. The van der Waals surface area contributed by atoms with Crippen LogP contribution in [0.1, 0.15) is 5.56 Å². The fourth-order valence-electron chi connectivity index (χ4n) is 2.84. The van der Waals surface area contributed by atoms with Crippen molar-refractivity contribution >= 4 is 39.8 Å². The summed E-state index contributed by atoms with van der Waals surface area (Å²) in [5.74, 6) is 0.138. The number of carbonyl (C=O) groups is 1. The van der Waals surface area contributed by atoms with Crippen molar-refractivity contribution < 1.29 is 27.4 Å². The number of benzene rings is 2. The molecule has 0 saturated carbocycles. The topological polar surface area (TPSA) is 60.5 Å². The highest BCUT2D eigenvalue weighted by molar-refractivity contribution is 8.03. The lowest BCUT2D eigenvalue weighted by Crippen LogP contribution is -2.14. The molecule has 1 amide bonds. The van der Waals surface area contributed by atoms with E-state index in [-0.39, 0.29) is 17.9 Å². The van der Waals surface area contributed by atoms with Gasteiger partial charge in [0.2, 0.25) is 6.79 Å². The molecule has 2 heterocycles. The van der Waals surface area contributed by atoms with Crippen molar-refractivity contribution in [1.29, 1.82) is 0 Å². The Kier molecular flexibility index (Phi) is 5.06. The van der Waals surface area contributed by atoms with E-state index in [0.29, 0.717) is 22.7 Å². The van der Waals surface area contributed by atoms with Crippen LogP contribution in [-0.2, 0) is 4.79 Å². The molecule has 0 unspecified atom stereocenters. The van der Waals surface area contributed by atoms with Crippen LogP contribution in [0.15, 0.2) is 60.1 Å². The molecule has 29 heavy (non-hydrogen) atoms. The smallest absolute Gasteiger partial charge is 0.445 e. The number of para-hydroxylation sites is 1. The van der Waals surface area contributed by atoms with Gasteiger partial charge in [-0.1, -0.05) is 24.3 Å². The molecule has 0 spiro atoms. The number of fused-ring (bicyclic) bond motifs is 2. The van der Waals surface area contributed by atoms with E-state index >= 15 is 0 Å². The number of thioether (sulfide) groups is 1. The highest BCUT2D eigenvalue weighted by atomic mass is 32.2. The molecule has 0 atom stereocenters. The number of ether oxygens (including phenoxy) is 2. The van der Waals surface area contributed by atoms with E-state index in [2.05, 4.69) is 10.3 Å². The molecule has 1 aliphatic rings. The number of nitrogens with zero attached hydrogens (tertiary/aromatic N) is 1. The molecule has 2 aromatic carbocycles. The summed E-state index contributed by atoms with van der Waals surface area (Å²) in [6, 6.07) is 13.3. The number of carbonyl (C=O) groups excluding carboxylic acids is 1. The molecular weight excluding hydrogens is 405 g/mol. The predicted octanol–water partition coefficient (Wildman–Crippen LogP) is 5.20. The van der Waals surface area contributed by atoms with E-state index in [1.54, 1.807) is 30.5 Å². The number of anilines is 1. The standard InChI is InChI=1S/C20H13F3N2O3S/c21-20(22,23)29-10-14(13-6-7-16-17(9-13)28-11-27-16)19(26)25-15-5-1-3-12-4-2-8-24-18(12)15/h1-10H,11H2,(H,25,26)/b14-10-. The van der Waals surface area contributed by atoms with Crippen LogP contribution in [0.4, 0.5) is 18.9 Å². The Bertz CT molecular complexity index is 1110. The second-order valence-electron chi connectivity index (χ2n) is 6.00. The number of aromatic nitrogens is 1. The first-order valence-corrected chi connectivity index (χ1v) is 9.28. The van der Waals surface area contributed by atoms with E-state index in [0.717, 1.165) is 10.8 Å². The summed E-state index contributed by atoms with van der Waals surface area (Å²) in [6.45, 7) is 0.0169. The van der Waals surface area contributed by atoms with E-state index in [1.165, 1.54) is 12.1 Å². The van der Waals surface area contributed by atoms with Crippen molar-refractivity contribution in [2.24, 2.45) is 0 Å². The number of nitrogens with one attached hydrogen (secondary N) is 1. The van der Waals surface area contributed by atoms with Crippen LogP contribution in [0, 0.1) is 0 Å². The predicted molar refractivity (Wildman–Crippen MR) is 105 cm³/mol. The highest BCUT2D eigenvalue weighted by Gasteiger charge is 2.28. The second-order valence-corrected chi connectivity index (χ2v) is 6.93. The molecule has 9 heteroatoms. The molecule has 4 rings (SSSR count). The summed E-state index contributed by atoms with van der Waals surface area (Å²) in [4.78, 5) is 17.2. The number of hydrogen-bond acceptors (Lipinski definition) is 5. The molecule has 0 aliphatic carbocycles. The Labute approximate surface area is 167 Å². The fourth-order valence-corrected chi connectivity index (χ4v) is 3.33. The normalized spacial score (nSPS) is 13.6. The average molecular weight is 418 g/mol. The summed E-state index contributed by atoms with van der Waals surface area (Å²) in [5, 5.41) is 4.24. The molecule has 0 saturated heterocycles. The van der Waals surface area contributed by atoms with Crippen molar-refractivity contribution in [3.8, 4) is 11.5 Å². The number of rotatable bonds is 4. The van der Waals surface area contributed by atoms with Crippen LogP contribution in [0.3, 0.4) is 0 Å². The van der Waals surface area contributed by atoms with Crippen molar-refractivity contribution in [2.45, 2.75) is 5.51 Å². The van der Waals surface area contributed by atoms with Gasteiger partial charge in [-0.05, 0) is 47.0 Å². The SMILES string of the molecule is O=C(Nc1cccc2cccnc12)/C(=C\SC(F)(F)F)c1ccc2c(c1)OCO2. The second kappa shape index (κ2) is 7.67. The van der Waals surface area contributed by atoms with Crippen molar-refractivity contribution in [2.75, 3.05) is 12.1 Å². The first kappa shape index (κ1) is 19.1. The third kappa shape index (κ3) is 4.29. The zero-order valence-electron chi connectivity index (χ0n) is 14.7. The van der Waals surface area contributed by atoms with Crippen molar-refractivity contribution in [3.63, 3.8) is 0 Å². The van der Waals surface area contributed by atoms with Gasteiger partial charge in [-0.25, -0.2) is 0 Å². The third-order valence-electron chi connectivity index (χ3n) is 4.12. The molecule has 1 N–H and O–H groups in total. The van der Waals surface area contributed by atoms with E-state index in [9.17, 15) is 18.0 Å². The first-order chi connectivity index (χ1) is 13.9. The van der Waals surface area contributed by atoms with Crippen LogP contribution >= 0.6 is 11.8 Å². The number of pyridine rings is 1. The van der Waals surface area contributed by atoms with Gasteiger partial charge in [-0.3, -0.25) is 9.78 Å². The summed E-state index contributed by atoms with van der Waals surface area (Å²) in [7, 11) is 0. The molecular formula is C20H13F3N2O3S. The number of alkyl halides is 3. The zero-order chi connectivity index (χ0) is 20.4. The Balaban J connectivity index is 1.69. The van der Waals surface area contributed by atoms with Gasteiger partial charge in [0.05, 0.1) is 16.8 Å². The van der Waals surface area contributed by atoms with E-state index in [1.807, 2.05) is 12.1 Å². The molecule has 0 radical (unpaired) electrons. The summed E-state index contributed by atoms with van der Waals surface area (Å²) >= 11 is -0.398. The summed E-state index contributed by atoms with van der Waals surface area (Å²) in [5.41, 5.74) is -3.47. The van der Waals surface area contributed by atoms with Crippen molar-refractivity contribution in [1.82, 2.24) is 4.98 Å². The maximum Gasteiger partial charge on any atom is 0.445 e. The van der Waals surface area contributed by atoms with Crippen molar-refractivity contribution in [3.05, 3.63) is 65.7 Å². The van der Waals surface area contributed by atoms with Crippen LogP contribution in [-0.4, -0.2) is 23.2 Å². The highest BCUT2D eigenvalue weighted by Crippen LogP contribution is 2.38. The Morgan fingerprint density at radius 3 is 2.72 bits per heavy atom. The largest absolute Gasteiger partial charge is 0.454 e. The van der Waals surface area contributed by atoms with Gasteiger partial charge in [-0.15, -0.1) is 0 Å². The van der Waals surface area contributed by atoms with Crippen LogP contribution in [0.5, 0.6) is 11.5 Å². The lowest BCUT2D eigenvalue weighted by molar-refractivity contribution is -0.111. The van der Waals surface area contributed by atoms with Gasteiger partial charge in [0.15, 0.2) is 11.5 Å². The molecule has 1 aromatic heterocycles. The first-order valence-electron chi connectivity index (χ1n) is 8.40. The fraction of sp³-hybridized carbons (Fsp3) is 0.100. The van der Waals surface area contributed by atoms with Crippen LogP contribution in [0.25, 0.3) is 16.5 Å². The van der Waals surface area contributed by atoms with Gasteiger partial charge in [0, 0.05) is 11.6 Å². The van der Waals surface area contributed by atoms with Gasteiger partial charge >= 0.3 is 5.51 Å². The molecule has 5 nitrogen and oxygen atoms in total. The minimum absolute atomic E-state index is 0.0169. The van der Waals surface area contributed by atoms with E-state index in [4.69, 9.17) is 9.47 Å². The van der Waals surface area contributed by atoms with Gasteiger partial charge in [0.25, 0.3) is 5.91 Å². The lowest BCUT2D eigenvalue weighted by atomic mass is 10.1. The number of amides is 1. The van der Waals surface area contributed by atoms with Crippen LogP contribution < -0.4 is 14.8 Å². The summed E-state index contributed by atoms with van der Waals surface area (Å²) < 4.78 is 48.8. The minimum atomic E-state index is -4.52. The number of hydrogen-bond donors (Lipinski definition) is 1. The molecule has 3 aromatic rings. The Morgan fingerprint density at radius 1 is 1.10 bits per heavy atom.